The zero-order valence-corrected chi connectivity index (χ0v) is 11.0. The molecule has 0 saturated carbocycles. The van der Waals surface area contributed by atoms with Gasteiger partial charge in [-0.1, -0.05) is 6.42 Å². The van der Waals surface area contributed by atoms with E-state index in [-0.39, 0.29) is 18.3 Å². The second kappa shape index (κ2) is 7.89. The van der Waals surface area contributed by atoms with Crippen LogP contribution in [-0.2, 0) is 4.79 Å². The molecule has 1 saturated heterocycles. The molecule has 1 aromatic heterocycles. The van der Waals surface area contributed by atoms with Crippen LogP contribution in [0, 0.1) is 0 Å². The number of rotatable bonds is 4. The molecule has 0 radical (unpaired) electrons. The molecule has 1 N–H and O–H groups in total. The molecule has 1 fully saturated rings. The van der Waals surface area contributed by atoms with Crippen LogP contribution in [-0.4, -0.2) is 36.7 Å². The molecule has 2 rings (SSSR count). The number of piperidine rings is 1. The predicted octanol–water partition coefficient (Wildman–Crippen LogP) is 1.64. The summed E-state index contributed by atoms with van der Waals surface area (Å²) in [6, 6.07) is 3.55. The minimum Gasteiger partial charge on any atom is -0.463 e. The van der Waals surface area contributed by atoms with Crippen LogP contribution in [0.2, 0.25) is 0 Å². The zero-order chi connectivity index (χ0) is 11.9. The highest BCUT2D eigenvalue weighted by Gasteiger charge is 2.12. The fourth-order valence-electron chi connectivity index (χ4n) is 1.89. The molecule has 1 aliphatic heterocycles. The van der Waals surface area contributed by atoms with E-state index in [1.54, 1.807) is 18.4 Å². The van der Waals surface area contributed by atoms with Gasteiger partial charge in [0.15, 0.2) is 0 Å². The van der Waals surface area contributed by atoms with Crippen molar-refractivity contribution >= 4 is 24.5 Å². The van der Waals surface area contributed by atoms with E-state index in [9.17, 15) is 4.79 Å². The van der Waals surface area contributed by atoms with Crippen LogP contribution in [0.1, 0.15) is 25.0 Å². The molecule has 2 heterocycles. The van der Waals surface area contributed by atoms with E-state index in [1.807, 2.05) is 0 Å². The molecular formula is C12H18ClN3O2. The number of carbonyl (C=O) groups excluding carboxylic acids is 1. The summed E-state index contributed by atoms with van der Waals surface area (Å²) in [6.45, 7) is 2.44. The summed E-state index contributed by atoms with van der Waals surface area (Å²) in [5.74, 6) is 0.554. The summed E-state index contributed by atoms with van der Waals surface area (Å²) < 4.78 is 5.05. The smallest absolute Gasteiger partial charge is 0.254 e. The number of hydrogen-bond acceptors (Lipinski definition) is 4. The van der Waals surface area contributed by atoms with Gasteiger partial charge in [0.05, 0.1) is 19.0 Å². The predicted molar refractivity (Wildman–Crippen MR) is 72.0 cm³/mol. The van der Waals surface area contributed by atoms with Crippen LogP contribution in [0.4, 0.5) is 0 Å². The lowest BCUT2D eigenvalue weighted by Gasteiger charge is -2.25. The Hall–Kier alpha value is -1.33. The molecule has 1 amide bonds. The Morgan fingerprint density at radius 2 is 2.22 bits per heavy atom. The van der Waals surface area contributed by atoms with Crippen molar-refractivity contribution in [2.45, 2.75) is 19.3 Å². The number of furan rings is 1. The molecule has 0 aromatic carbocycles. The first-order valence-electron chi connectivity index (χ1n) is 5.92. The van der Waals surface area contributed by atoms with Crippen LogP contribution in [0.25, 0.3) is 0 Å². The third kappa shape index (κ3) is 4.89. The van der Waals surface area contributed by atoms with Crippen molar-refractivity contribution in [3.63, 3.8) is 0 Å². The minimum atomic E-state index is -0.0743. The van der Waals surface area contributed by atoms with Gasteiger partial charge in [-0.3, -0.25) is 9.69 Å². The molecular weight excluding hydrogens is 254 g/mol. The summed E-state index contributed by atoms with van der Waals surface area (Å²) in [5.41, 5.74) is 2.50. The lowest BCUT2D eigenvalue weighted by Crippen LogP contribution is -2.38. The Morgan fingerprint density at radius 1 is 1.44 bits per heavy atom. The van der Waals surface area contributed by atoms with Gasteiger partial charge in [0.25, 0.3) is 5.91 Å². The molecule has 18 heavy (non-hydrogen) atoms. The van der Waals surface area contributed by atoms with Crippen molar-refractivity contribution in [2.24, 2.45) is 5.10 Å². The fraction of sp³-hybridized carbons (Fsp3) is 0.500. The Bertz CT molecular complexity index is 373. The van der Waals surface area contributed by atoms with E-state index in [0.29, 0.717) is 12.3 Å². The van der Waals surface area contributed by atoms with Gasteiger partial charge in [-0.25, -0.2) is 5.43 Å². The zero-order valence-electron chi connectivity index (χ0n) is 10.2. The Morgan fingerprint density at radius 3 is 2.89 bits per heavy atom. The quantitative estimate of drug-likeness (QED) is 0.669. The van der Waals surface area contributed by atoms with Crippen molar-refractivity contribution in [1.82, 2.24) is 10.3 Å². The van der Waals surface area contributed by atoms with Crippen LogP contribution in [0.15, 0.2) is 27.9 Å². The van der Waals surface area contributed by atoms with E-state index < -0.39 is 0 Å². The fourth-order valence-corrected chi connectivity index (χ4v) is 1.89. The van der Waals surface area contributed by atoms with Gasteiger partial charge in [0.1, 0.15) is 5.76 Å². The first-order chi connectivity index (χ1) is 8.34. The van der Waals surface area contributed by atoms with Gasteiger partial charge in [-0.05, 0) is 38.1 Å². The highest BCUT2D eigenvalue weighted by atomic mass is 35.5. The number of amides is 1. The van der Waals surface area contributed by atoms with Gasteiger partial charge in [-0.2, -0.15) is 5.10 Å². The first-order valence-corrected chi connectivity index (χ1v) is 5.92. The monoisotopic (exact) mass is 271 g/mol. The van der Waals surface area contributed by atoms with Crippen molar-refractivity contribution in [2.75, 3.05) is 19.6 Å². The number of hydrogen-bond donors (Lipinski definition) is 1. The van der Waals surface area contributed by atoms with E-state index in [4.69, 9.17) is 4.42 Å². The summed E-state index contributed by atoms with van der Waals surface area (Å²) in [7, 11) is 0. The summed E-state index contributed by atoms with van der Waals surface area (Å²) in [4.78, 5) is 13.7. The molecule has 1 aromatic rings. The normalized spacial score (nSPS) is 16.4. The second-order valence-electron chi connectivity index (χ2n) is 4.15. The third-order valence-corrected chi connectivity index (χ3v) is 2.74. The number of halogens is 1. The van der Waals surface area contributed by atoms with Crippen molar-refractivity contribution in [3.8, 4) is 0 Å². The van der Waals surface area contributed by atoms with Crippen molar-refractivity contribution < 1.29 is 9.21 Å². The van der Waals surface area contributed by atoms with E-state index in [1.165, 1.54) is 25.5 Å². The third-order valence-electron chi connectivity index (χ3n) is 2.74. The Kier molecular flexibility index (Phi) is 6.46. The van der Waals surface area contributed by atoms with Gasteiger partial charge >= 0.3 is 0 Å². The Balaban J connectivity index is 0.00000162. The second-order valence-corrected chi connectivity index (χ2v) is 4.15. The summed E-state index contributed by atoms with van der Waals surface area (Å²) in [6.07, 6.45) is 6.70. The molecule has 100 valence electrons. The molecule has 0 atom stereocenters. The SMILES string of the molecule is Cl.O=C(CN1CCCCC1)N/N=C/c1ccco1. The lowest BCUT2D eigenvalue weighted by atomic mass is 10.1. The summed E-state index contributed by atoms with van der Waals surface area (Å²) >= 11 is 0. The maximum atomic E-state index is 11.5. The van der Waals surface area contributed by atoms with Gasteiger partial charge < -0.3 is 4.42 Å². The molecule has 0 bridgehead atoms. The number of hydrazone groups is 1. The number of likely N-dealkylation sites (tertiary alicyclic amines) is 1. The lowest BCUT2D eigenvalue weighted by molar-refractivity contribution is -0.122. The maximum absolute atomic E-state index is 11.5. The number of nitrogens with one attached hydrogen (secondary N) is 1. The highest BCUT2D eigenvalue weighted by Crippen LogP contribution is 2.07. The van der Waals surface area contributed by atoms with Gasteiger partial charge in [0.2, 0.25) is 0 Å². The van der Waals surface area contributed by atoms with Gasteiger partial charge in [0, 0.05) is 0 Å². The van der Waals surface area contributed by atoms with Crippen LogP contribution in [0.5, 0.6) is 0 Å². The van der Waals surface area contributed by atoms with Crippen molar-refractivity contribution in [1.29, 1.82) is 0 Å². The average Bonchev–Trinajstić information content (AvgIpc) is 2.83. The molecule has 6 heteroatoms. The molecule has 0 spiro atoms. The first kappa shape index (κ1) is 14.7. The average molecular weight is 272 g/mol. The molecule has 0 unspecified atom stereocenters. The molecule has 0 aliphatic carbocycles. The largest absolute Gasteiger partial charge is 0.463 e. The standard InChI is InChI=1S/C12H17N3O2.ClH/c16-12(10-15-6-2-1-3-7-15)14-13-9-11-5-4-8-17-11;/h4-5,8-9H,1-3,6-7,10H2,(H,14,16);1H/b13-9+;. The van der Waals surface area contributed by atoms with Gasteiger partial charge in [-0.15, -0.1) is 12.4 Å². The van der Waals surface area contributed by atoms with E-state index >= 15 is 0 Å². The maximum Gasteiger partial charge on any atom is 0.254 e. The Labute approximate surface area is 113 Å². The molecule has 1 aliphatic rings. The van der Waals surface area contributed by atoms with Crippen molar-refractivity contribution in [3.05, 3.63) is 24.2 Å². The number of carbonyl (C=O) groups is 1. The van der Waals surface area contributed by atoms with Crippen LogP contribution in [0.3, 0.4) is 0 Å². The van der Waals surface area contributed by atoms with E-state index in [0.717, 1.165) is 13.1 Å². The summed E-state index contributed by atoms with van der Waals surface area (Å²) in [5, 5.41) is 3.83. The van der Waals surface area contributed by atoms with E-state index in [2.05, 4.69) is 15.4 Å². The topological polar surface area (TPSA) is 57.8 Å². The highest BCUT2D eigenvalue weighted by molar-refractivity contribution is 5.85. The molecule has 5 nitrogen and oxygen atoms in total. The van der Waals surface area contributed by atoms with Crippen LogP contribution >= 0.6 is 12.4 Å². The number of nitrogens with zero attached hydrogens (tertiary/aromatic N) is 2. The minimum absolute atomic E-state index is 0. The van der Waals surface area contributed by atoms with Crippen LogP contribution < -0.4 is 5.43 Å².